The quantitative estimate of drug-likeness (QED) is 0.144. The molecule has 0 bridgehead atoms. The van der Waals surface area contributed by atoms with Crippen LogP contribution in [0.4, 0.5) is 51.2 Å². The van der Waals surface area contributed by atoms with Gasteiger partial charge >= 0.3 is 0 Å². The van der Waals surface area contributed by atoms with Crippen LogP contribution in [0.2, 0.25) is 0 Å². The third-order valence-corrected chi connectivity index (χ3v) is 17.3. The van der Waals surface area contributed by atoms with E-state index in [4.69, 9.17) is 4.42 Å². The van der Waals surface area contributed by atoms with Crippen molar-refractivity contribution >= 4 is 105 Å². The molecular weight excluding hydrogens is 967 g/mol. The van der Waals surface area contributed by atoms with Gasteiger partial charge in [0.05, 0.1) is 5.41 Å². The highest BCUT2D eigenvalue weighted by atomic mass is 32.1. The van der Waals surface area contributed by atoms with E-state index in [1.54, 1.807) is 0 Å². The summed E-state index contributed by atoms with van der Waals surface area (Å²) in [5.74, 6) is 0. The monoisotopic (exact) mass is 1010 g/mol. The standard InChI is InChI=1S/C73H47N3OS/c1-5-19-48(20-6-1)74(49-21-7-2-8-22-49)55-34-39-61-63-43-52(36-41-69(63)77-70(61)46-55)75(50-23-9-3-10-24-50)53-37-42-71-64(44-53)62-40-35-56(47-72(62)78-71)76(51-25-11-4-12-26-51)54-33-38-60-59-29-15-18-32-67(59)73(68(60)45-54)65-30-16-13-27-57(65)58-28-14-17-31-66(58)73/h1-47H. The molecule has 0 saturated heterocycles. The fraction of sp³-hybridized carbons (Fsp3) is 0.0137. The molecule has 0 aliphatic heterocycles. The molecule has 14 aromatic rings. The van der Waals surface area contributed by atoms with Crippen molar-refractivity contribution in [3.63, 3.8) is 0 Å². The van der Waals surface area contributed by atoms with E-state index in [1.807, 2.05) is 11.3 Å². The van der Waals surface area contributed by atoms with Gasteiger partial charge in [0.15, 0.2) is 0 Å². The SMILES string of the molecule is c1ccc(N(c2ccccc2)c2ccc3c(c2)oc2ccc(N(c4ccccc4)c4ccc5sc6cc(N(c7ccccc7)c7ccc8c(c7)C7(c9ccccc9-c9ccccc97)c7ccccc7-8)ccc6c5c4)cc23)cc1. The van der Waals surface area contributed by atoms with Gasteiger partial charge in [0, 0.05) is 88.2 Å². The van der Waals surface area contributed by atoms with E-state index in [0.29, 0.717) is 0 Å². The van der Waals surface area contributed by atoms with Crippen molar-refractivity contribution in [2.45, 2.75) is 5.41 Å². The van der Waals surface area contributed by atoms with E-state index in [-0.39, 0.29) is 0 Å². The van der Waals surface area contributed by atoms with Crippen molar-refractivity contribution in [2.75, 3.05) is 14.7 Å². The van der Waals surface area contributed by atoms with Crippen molar-refractivity contribution in [3.8, 4) is 22.3 Å². The van der Waals surface area contributed by atoms with E-state index in [9.17, 15) is 0 Å². The number of furan rings is 1. The second-order valence-electron chi connectivity index (χ2n) is 20.4. The Morgan fingerprint density at radius 1 is 0.244 bits per heavy atom. The molecular formula is C73H47N3OS. The molecule has 4 nitrogen and oxygen atoms in total. The summed E-state index contributed by atoms with van der Waals surface area (Å²) < 4.78 is 9.15. The average molecular weight is 1010 g/mol. The zero-order valence-corrected chi connectivity index (χ0v) is 43.1. The van der Waals surface area contributed by atoms with Crippen LogP contribution in [-0.4, -0.2) is 0 Å². The number of anilines is 9. The van der Waals surface area contributed by atoms with Crippen molar-refractivity contribution in [2.24, 2.45) is 0 Å². The van der Waals surface area contributed by atoms with Crippen LogP contribution in [0.3, 0.4) is 0 Å². The minimum Gasteiger partial charge on any atom is -0.456 e. The Labute approximate surface area is 456 Å². The normalized spacial score (nSPS) is 12.7. The van der Waals surface area contributed by atoms with Crippen LogP contribution < -0.4 is 14.7 Å². The lowest BCUT2D eigenvalue weighted by atomic mass is 9.70. The highest BCUT2D eigenvalue weighted by molar-refractivity contribution is 7.25. The summed E-state index contributed by atoms with van der Waals surface area (Å²) in [4.78, 5) is 7.08. The third-order valence-electron chi connectivity index (χ3n) is 16.2. The highest BCUT2D eigenvalue weighted by Gasteiger charge is 2.51. The third kappa shape index (κ3) is 6.72. The number of hydrogen-bond donors (Lipinski definition) is 0. The molecule has 0 amide bonds. The van der Waals surface area contributed by atoms with Gasteiger partial charge in [-0.2, -0.15) is 0 Å². The maximum absolute atomic E-state index is 6.67. The Morgan fingerprint density at radius 3 is 1.19 bits per heavy atom. The van der Waals surface area contributed by atoms with Crippen LogP contribution in [0.25, 0.3) is 64.4 Å². The van der Waals surface area contributed by atoms with Gasteiger partial charge < -0.3 is 19.1 Å². The molecule has 5 heteroatoms. The summed E-state index contributed by atoms with van der Waals surface area (Å²) in [5.41, 5.74) is 21.6. The highest BCUT2D eigenvalue weighted by Crippen LogP contribution is 2.63. The molecule has 0 N–H and O–H groups in total. The Bertz CT molecular complexity index is 4540. The predicted octanol–water partition coefficient (Wildman–Crippen LogP) is 20.7. The molecule has 2 aromatic heterocycles. The molecule has 0 saturated carbocycles. The first-order chi connectivity index (χ1) is 38.7. The zero-order valence-electron chi connectivity index (χ0n) is 42.3. The van der Waals surface area contributed by atoms with Crippen LogP contribution in [0.15, 0.2) is 290 Å². The van der Waals surface area contributed by atoms with Gasteiger partial charge in [0.25, 0.3) is 0 Å². The van der Waals surface area contributed by atoms with Crippen LogP contribution in [0.5, 0.6) is 0 Å². The van der Waals surface area contributed by atoms with Crippen LogP contribution in [-0.2, 0) is 5.41 Å². The molecule has 12 aromatic carbocycles. The van der Waals surface area contributed by atoms with Crippen molar-refractivity contribution in [1.29, 1.82) is 0 Å². The van der Waals surface area contributed by atoms with E-state index < -0.39 is 5.41 Å². The van der Waals surface area contributed by atoms with E-state index >= 15 is 0 Å². The molecule has 0 unspecified atom stereocenters. The zero-order chi connectivity index (χ0) is 51.3. The molecule has 16 rings (SSSR count). The molecule has 2 aliphatic rings. The first kappa shape index (κ1) is 44.4. The van der Waals surface area contributed by atoms with Gasteiger partial charge in [-0.3, -0.25) is 0 Å². The van der Waals surface area contributed by atoms with Crippen LogP contribution in [0.1, 0.15) is 22.3 Å². The minimum absolute atomic E-state index is 0.436. The summed E-state index contributed by atoms with van der Waals surface area (Å²) in [6.07, 6.45) is 0. The number of fused-ring (bicyclic) bond motifs is 16. The number of hydrogen-bond acceptors (Lipinski definition) is 5. The number of benzene rings is 12. The molecule has 0 radical (unpaired) electrons. The van der Waals surface area contributed by atoms with Crippen LogP contribution in [0, 0.1) is 0 Å². The van der Waals surface area contributed by atoms with Gasteiger partial charge in [-0.15, -0.1) is 11.3 Å². The number of para-hydroxylation sites is 4. The summed E-state index contributed by atoms with van der Waals surface area (Å²) in [6.45, 7) is 0. The fourth-order valence-corrected chi connectivity index (χ4v) is 14.1. The average Bonchev–Trinajstić information content (AvgIpc) is 4.30. The first-order valence-electron chi connectivity index (χ1n) is 26.6. The van der Waals surface area contributed by atoms with E-state index in [0.717, 1.165) is 73.1 Å². The molecule has 1 spiro atoms. The number of rotatable bonds is 9. The Hall–Kier alpha value is -9.94. The lowest BCUT2D eigenvalue weighted by molar-refractivity contribution is 0.669. The van der Waals surface area contributed by atoms with Gasteiger partial charge in [-0.05, 0) is 166 Å². The minimum atomic E-state index is -0.436. The predicted molar refractivity (Wildman–Crippen MR) is 327 cm³/mol. The molecule has 0 atom stereocenters. The molecule has 2 heterocycles. The summed E-state index contributed by atoms with van der Waals surface area (Å²) >= 11 is 1.85. The first-order valence-corrected chi connectivity index (χ1v) is 27.5. The molecule has 0 fully saturated rings. The van der Waals surface area contributed by atoms with Crippen molar-refractivity contribution in [1.82, 2.24) is 0 Å². The molecule has 78 heavy (non-hydrogen) atoms. The molecule has 2 aliphatic carbocycles. The van der Waals surface area contributed by atoms with E-state index in [1.165, 1.54) is 64.7 Å². The largest absolute Gasteiger partial charge is 0.456 e. The smallest absolute Gasteiger partial charge is 0.137 e. The Kier molecular flexibility index (Phi) is 9.99. The number of nitrogens with zero attached hydrogens (tertiary/aromatic N) is 3. The Balaban J connectivity index is 0.799. The molecule has 366 valence electrons. The van der Waals surface area contributed by atoms with Crippen molar-refractivity contribution < 1.29 is 4.42 Å². The van der Waals surface area contributed by atoms with Gasteiger partial charge in [-0.1, -0.05) is 158 Å². The van der Waals surface area contributed by atoms with E-state index in [2.05, 4.69) is 300 Å². The summed E-state index contributed by atoms with van der Waals surface area (Å²) in [7, 11) is 0. The maximum atomic E-state index is 6.67. The van der Waals surface area contributed by atoms with Gasteiger partial charge in [-0.25, -0.2) is 0 Å². The fourth-order valence-electron chi connectivity index (χ4n) is 12.9. The lowest BCUT2D eigenvalue weighted by Gasteiger charge is -2.32. The second-order valence-corrected chi connectivity index (χ2v) is 21.5. The topological polar surface area (TPSA) is 22.9 Å². The lowest BCUT2D eigenvalue weighted by Crippen LogP contribution is -2.26. The van der Waals surface area contributed by atoms with Crippen LogP contribution >= 0.6 is 11.3 Å². The Morgan fingerprint density at radius 2 is 0.641 bits per heavy atom. The van der Waals surface area contributed by atoms with Gasteiger partial charge in [0.1, 0.15) is 11.2 Å². The maximum Gasteiger partial charge on any atom is 0.137 e. The number of thiophene rings is 1. The van der Waals surface area contributed by atoms with Gasteiger partial charge in [0.2, 0.25) is 0 Å². The second kappa shape index (κ2) is 17.6. The summed E-state index contributed by atoms with van der Waals surface area (Å²) in [5, 5.41) is 4.60. The summed E-state index contributed by atoms with van der Waals surface area (Å²) in [6, 6.07) is 104. The van der Waals surface area contributed by atoms with Crippen molar-refractivity contribution in [3.05, 3.63) is 307 Å².